The molecule has 0 atom stereocenters. The van der Waals surface area contributed by atoms with Crippen molar-refractivity contribution in [3.8, 4) is 0 Å². The van der Waals surface area contributed by atoms with Gasteiger partial charge in [-0.3, -0.25) is 0 Å². The molecule has 0 aromatic carbocycles. The third-order valence-corrected chi connectivity index (χ3v) is 4.24. The summed E-state index contributed by atoms with van der Waals surface area (Å²) < 4.78 is 1.34. The Morgan fingerprint density at radius 3 is 1.50 bits per heavy atom. The van der Waals surface area contributed by atoms with Crippen molar-refractivity contribution in [1.82, 2.24) is 0 Å². The molecule has 1 nitrogen and oxygen atoms in total. The lowest BCUT2D eigenvalue weighted by Crippen LogP contribution is -2.50. The fourth-order valence-electron chi connectivity index (χ4n) is 2.75. The van der Waals surface area contributed by atoms with Crippen LogP contribution in [0.2, 0.25) is 0 Å². The van der Waals surface area contributed by atoms with Gasteiger partial charge in [-0.2, -0.15) is 0 Å². The molecule has 0 aliphatic heterocycles. The highest BCUT2D eigenvalue weighted by Crippen LogP contribution is 2.16. The number of unbranched alkanes of at least 4 members (excludes halogenated alkanes) is 4. The summed E-state index contributed by atoms with van der Waals surface area (Å²) in [6.45, 7) is 12.3. The van der Waals surface area contributed by atoms with Gasteiger partial charge >= 0.3 is 0 Å². The number of alkyl halides is 1. The molecule has 18 heavy (non-hydrogen) atoms. The molecular formula is C16H35ClN+. The van der Waals surface area contributed by atoms with E-state index in [0.717, 1.165) is 5.88 Å². The Kier molecular flexibility index (Phi) is 12.5. The van der Waals surface area contributed by atoms with Crippen molar-refractivity contribution in [1.29, 1.82) is 0 Å². The number of hydrogen-bond donors (Lipinski definition) is 0. The summed E-state index contributed by atoms with van der Waals surface area (Å²) in [5.41, 5.74) is 0. The normalized spacial score (nSPS) is 12.0. The van der Waals surface area contributed by atoms with Crippen molar-refractivity contribution in [2.24, 2.45) is 0 Å². The lowest BCUT2D eigenvalue weighted by molar-refractivity contribution is -0.928. The molecule has 0 aromatic heterocycles. The van der Waals surface area contributed by atoms with Crippen molar-refractivity contribution >= 4 is 11.6 Å². The van der Waals surface area contributed by atoms with Gasteiger partial charge in [0.15, 0.2) is 0 Å². The van der Waals surface area contributed by atoms with Crippen LogP contribution in [0.15, 0.2) is 0 Å². The van der Waals surface area contributed by atoms with Crippen LogP contribution in [0.3, 0.4) is 0 Å². The van der Waals surface area contributed by atoms with E-state index in [-0.39, 0.29) is 0 Å². The lowest BCUT2D eigenvalue weighted by atomic mass is 10.1. The summed E-state index contributed by atoms with van der Waals surface area (Å²) in [7, 11) is 0. The minimum Gasteiger partial charge on any atom is -0.324 e. The fraction of sp³-hybridized carbons (Fsp3) is 1.00. The zero-order valence-electron chi connectivity index (χ0n) is 13.0. The Bertz CT molecular complexity index is 149. The van der Waals surface area contributed by atoms with Gasteiger partial charge in [0.1, 0.15) is 0 Å². The summed E-state index contributed by atoms with van der Waals surface area (Å²) in [6, 6.07) is 0. The van der Waals surface area contributed by atoms with Crippen LogP contribution >= 0.6 is 11.6 Å². The Morgan fingerprint density at radius 1 is 0.611 bits per heavy atom. The summed E-state index contributed by atoms with van der Waals surface area (Å²) in [4.78, 5) is 0. The molecule has 0 rings (SSSR count). The molecule has 0 bridgehead atoms. The number of nitrogens with zero attached hydrogens (tertiary/aromatic N) is 1. The van der Waals surface area contributed by atoms with Gasteiger partial charge in [-0.15, -0.1) is 11.6 Å². The number of hydrogen-bond acceptors (Lipinski definition) is 0. The monoisotopic (exact) mass is 276 g/mol. The second kappa shape index (κ2) is 12.3. The van der Waals surface area contributed by atoms with Gasteiger partial charge in [0.05, 0.1) is 26.2 Å². The van der Waals surface area contributed by atoms with Crippen LogP contribution in [-0.4, -0.2) is 36.5 Å². The molecule has 0 aromatic rings. The van der Waals surface area contributed by atoms with E-state index in [4.69, 9.17) is 11.6 Å². The third kappa shape index (κ3) is 8.37. The van der Waals surface area contributed by atoms with E-state index in [0.29, 0.717) is 0 Å². The molecule has 0 N–H and O–H groups in total. The van der Waals surface area contributed by atoms with Crippen LogP contribution < -0.4 is 0 Å². The second-order valence-corrected chi connectivity index (χ2v) is 6.07. The number of rotatable bonds is 13. The van der Waals surface area contributed by atoms with Crippen LogP contribution in [-0.2, 0) is 0 Å². The molecular weight excluding hydrogens is 242 g/mol. The van der Waals surface area contributed by atoms with Crippen LogP contribution in [0.1, 0.15) is 72.1 Å². The standard InChI is InChI=1S/C16H35ClN/c1-4-7-10-15-18(13-8-5-2,14-9-6-3)16-11-12-17/h4-16H2,1-3H3/q+1. The summed E-state index contributed by atoms with van der Waals surface area (Å²) >= 11 is 5.93. The molecule has 0 saturated heterocycles. The Morgan fingerprint density at radius 2 is 1.06 bits per heavy atom. The first-order valence-electron chi connectivity index (χ1n) is 8.15. The summed E-state index contributed by atoms with van der Waals surface area (Å²) in [6.07, 6.45) is 10.7. The van der Waals surface area contributed by atoms with Crippen molar-refractivity contribution < 1.29 is 4.48 Å². The zero-order chi connectivity index (χ0) is 13.7. The maximum absolute atomic E-state index is 5.93. The van der Waals surface area contributed by atoms with E-state index in [1.807, 2.05) is 0 Å². The first kappa shape index (κ1) is 18.2. The van der Waals surface area contributed by atoms with Crippen molar-refractivity contribution in [2.75, 3.05) is 32.1 Å². The van der Waals surface area contributed by atoms with Gasteiger partial charge < -0.3 is 4.48 Å². The van der Waals surface area contributed by atoms with Gasteiger partial charge in [0.2, 0.25) is 0 Å². The van der Waals surface area contributed by atoms with Crippen molar-refractivity contribution in [3.63, 3.8) is 0 Å². The molecule has 110 valence electrons. The van der Waals surface area contributed by atoms with Crippen LogP contribution in [0.5, 0.6) is 0 Å². The fourth-order valence-corrected chi connectivity index (χ4v) is 2.87. The molecule has 0 spiro atoms. The Labute approximate surface area is 120 Å². The summed E-state index contributed by atoms with van der Waals surface area (Å²) in [5.74, 6) is 0.825. The topological polar surface area (TPSA) is 0 Å². The van der Waals surface area contributed by atoms with Crippen LogP contribution in [0, 0.1) is 0 Å². The van der Waals surface area contributed by atoms with E-state index >= 15 is 0 Å². The van der Waals surface area contributed by atoms with Gasteiger partial charge in [0, 0.05) is 12.3 Å². The summed E-state index contributed by atoms with van der Waals surface area (Å²) in [5, 5.41) is 0. The molecule has 0 radical (unpaired) electrons. The van der Waals surface area contributed by atoms with Crippen LogP contribution in [0.25, 0.3) is 0 Å². The quantitative estimate of drug-likeness (QED) is 0.246. The minimum absolute atomic E-state index is 0.825. The van der Waals surface area contributed by atoms with E-state index in [9.17, 15) is 0 Å². The predicted octanol–water partition coefficient (Wildman–Crippen LogP) is 5.22. The average molecular weight is 277 g/mol. The van der Waals surface area contributed by atoms with Gasteiger partial charge in [-0.05, 0) is 25.7 Å². The highest BCUT2D eigenvalue weighted by molar-refractivity contribution is 6.17. The molecule has 0 heterocycles. The first-order chi connectivity index (χ1) is 8.74. The van der Waals surface area contributed by atoms with Crippen LogP contribution in [0.4, 0.5) is 0 Å². The molecule has 0 aliphatic rings. The van der Waals surface area contributed by atoms with E-state index in [1.165, 1.54) is 82.0 Å². The molecule has 0 fully saturated rings. The highest BCUT2D eigenvalue weighted by atomic mass is 35.5. The molecule has 0 saturated carbocycles. The maximum Gasteiger partial charge on any atom is 0.0798 e. The smallest absolute Gasteiger partial charge is 0.0798 e. The second-order valence-electron chi connectivity index (χ2n) is 5.69. The Hall–Kier alpha value is 0.250. The van der Waals surface area contributed by atoms with E-state index in [2.05, 4.69) is 20.8 Å². The van der Waals surface area contributed by atoms with Crippen molar-refractivity contribution in [2.45, 2.75) is 72.1 Å². The molecule has 2 heteroatoms. The molecule has 0 unspecified atom stereocenters. The largest absolute Gasteiger partial charge is 0.324 e. The lowest BCUT2D eigenvalue weighted by Gasteiger charge is -2.39. The first-order valence-corrected chi connectivity index (χ1v) is 8.69. The minimum atomic E-state index is 0.825. The van der Waals surface area contributed by atoms with Gasteiger partial charge in [0.25, 0.3) is 0 Å². The SMILES string of the molecule is CCCCC[N+](CCCC)(CCCC)CCCCl. The highest BCUT2D eigenvalue weighted by Gasteiger charge is 2.24. The van der Waals surface area contributed by atoms with Gasteiger partial charge in [-0.1, -0.05) is 40.0 Å². The van der Waals surface area contributed by atoms with E-state index < -0.39 is 0 Å². The third-order valence-electron chi connectivity index (χ3n) is 3.97. The van der Waals surface area contributed by atoms with Gasteiger partial charge in [-0.25, -0.2) is 0 Å². The number of halogens is 1. The zero-order valence-corrected chi connectivity index (χ0v) is 13.8. The Balaban J connectivity index is 4.41. The number of quaternary nitrogens is 1. The maximum atomic E-state index is 5.93. The molecule has 0 aliphatic carbocycles. The van der Waals surface area contributed by atoms with E-state index in [1.54, 1.807) is 0 Å². The average Bonchev–Trinajstić information content (AvgIpc) is 2.40. The molecule has 0 amide bonds. The van der Waals surface area contributed by atoms with Crippen molar-refractivity contribution in [3.05, 3.63) is 0 Å². The predicted molar refractivity (Wildman–Crippen MR) is 84.4 cm³/mol.